The van der Waals surface area contributed by atoms with E-state index < -0.39 is 0 Å². The van der Waals surface area contributed by atoms with E-state index in [4.69, 9.17) is 10.7 Å². The average Bonchev–Trinajstić information content (AvgIpc) is 3.19. The first-order valence-corrected chi connectivity index (χ1v) is 19.3. The van der Waals surface area contributed by atoms with Gasteiger partial charge in [0.2, 0.25) is 0 Å². The molecule has 0 aromatic heterocycles. The van der Waals surface area contributed by atoms with E-state index in [1.165, 1.54) is 33.4 Å². The van der Waals surface area contributed by atoms with E-state index in [2.05, 4.69) is 168 Å². The van der Waals surface area contributed by atoms with Crippen LogP contribution in [-0.2, 0) is 6.42 Å². The van der Waals surface area contributed by atoms with Crippen molar-refractivity contribution in [2.45, 2.75) is 60.9 Å². The predicted molar refractivity (Wildman–Crippen MR) is 237 cm³/mol. The number of hydrogen-bond acceptors (Lipinski definition) is 4. The highest BCUT2D eigenvalue weighted by Crippen LogP contribution is 2.34. The Labute approximate surface area is 328 Å². The molecule has 4 nitrogen and oxygen atoms in total. The largest absolute Gasteiger partial charge is 0.398 e. The van der Waals surface area contributed by atoms with Crippen molar-refractivity contribution >= 4 is 23.6 Å². The molecule has 0 fully saturated rings. The van der Waals surface area contributed by atoms with Crippen LogP contribution in [0.4, 0.5) is 0 Å². The van der Waals surface area contributed by atoms with Crippen LogP contribution >= 0.6 is 0 Å². The lowest BCUT2D eigenvalue weighted by atomic mass is 9.88. The second kappa shape index (κ2) is 17.3. The van der Waals surface area contributed by atoms with Gasteiger partial charge in [0.15, 0.2) is 0 Å². The summed E-state index contributed by atoms with van der Waals surface area (Å²) in [6, 6.07) is 28.7. The van der Waals surface area contributed by atoms with Crippen LogP contribution in [0.15, 0.2) is 162 Å². The van der Waals surface area contributed by atoms with E-state index >= 15 is 0 Å². The fraction of sp³-hybridized carbons (Fsp3) is 0.196. The normalized spacial score (nSPS) is 17.7. The Kier molecular flexibility index (Phi) is 12.2. The fourth-order valence-corrected chi connectivity index (χ4v) is 7.46. The van der Waals surface area contributed by atoms with Crippen LogP contribution in [0.3, 0.4) is 0 Å². The zero-order valence-electron chi connectivity index (χ0n) is 33.4. The predicted octanol–water partition coefficient (Wildman–Crippen LogP) is 12.1. The van der Waals surface area contributed by atoms with Crippen molar-refractivity contribution in [3.63, 3.8) is 0 Å². The fourth-order valence-electron chi connectivity index (χ4n) is 7.46. The van der Waals surface area contributed by atoms with Crippen LogP contribution in [0.25, 0.3) is 29.0 Å². The number of hydrogen-bond donors (Lipinski definition) is 3. The van der Waals surface area contributed by atoms with Crippen molar-refractivity contribution in [1.82, 2.24) is 10.6 Å². The summed E-state index contributed by atoms with van der Waals surface area (Å²) in [5.74, 6) is 0.551. The van der Waals surface area contributed by atoms with Crippen molar-refractivity contribution in [3.8, 4) is 11.1 Å². The third-order valence-corrected chi connectivity index (χ3v) is 10.5. The van der Waals surface area contributed by atoms with Gasteiger partial charge < -0.3 is 16.4 Å². The Morgan fingerprint density at radius 2 is 1.60 bits per heavy atom. The Morgan fingerprint density at radius 1 is 0.855 bits per heavy atom. The second-order valence-corrected chi connectivity index (χ2v) is 14.5. The molecule has 4 N–H and O–H groups in total. The molecule has 0 saturated heterocycles. The third-order valence-electron chi connectivity index (χ3n) is 10.5. The standard InChI is InChI=1S/C51H54N4/c1-9-13-14-28-53-51-45(11-3)36(8)54-50(48(51)52)38-22-20-37(21-23-38)46-27-26-42(30-35(46)7)47(12-4)55-49(43-19-17-34(6)39(31-43)15-10-2)44-25-24-40-29-33(5)16-18-41(40)32-44/h9-28,30-33,50,53-54H,3,29,52H2,1-2,4-8H3/b13-9-,15-10-,28-14-,47-12-,55-49?. The van der Waals surface area contributed by atoms with Crippen LogP contribution in [0, 0.1) is 19.8 Å². The molecule has 0 amide bonds. The van der Waals surface area contributed by atoms with Gasteiger partial charge in [-0.3, -0.25) is 0 Å². The third kappa shape index (κ3) is 8.50. The average molecular weight is 723 g/mol. The Hall–Kier alpha value is -6.13. The van der Waals surface area contributed by atoms with Crippen LogP contribution in [0.5, 0.6) is 0 Å². The Bertz CT molecular complexity index is 2340. The van der Waals surface area contributed by atoms with Gasteiger partial charge in [0.1, 0.15) is 0 Å². The molecule has 0 radical (unpaired) electrons. The maximum atomic E-state index is 6.80. The van der Waals surface area contributed by atoms with Crippen LogP contribution in [0.2, 0.25) is 0 Å². The first-order valence-electron chi connectivity index (χ1n) is 19.3. The van der Waals surface area contributed by atoms with E-state index in [0.717, 1.165) is 68.3 Å². The van der Waals surface area contributed by atoms with Gasteiger partial charge >= 0.3 is 0 Å². The van der Waals surface area contributed by atoms with Gasteiger partial charge in [0, 0.05) is 34.2 Å². The van der Waals surface area contributed by atoms with Gasteiger partial charge in [-0.25, -0.2) is 4.99 Å². The molecule has 278 valence electrons. The van der Waals surface area contributed by atoms with E-state index in [1.54, 1.807) is 0 Å². The van der Waals surface area contributed by atoms with Crippen molar-refractivity contribution in [2.75, 3.05) is 0 Å². The summed E-state index contributed by atoms with van der Waals surface area (Å²) in [4.78, 5) is 5.45. The number of dihydropyridines is 1. The number of fused-ring (bicyclic) bond motifs is 1. The lowest BCUT2D eigenvalue weighted by Gasteiger charge is -2.30. The number of rotatable bonds is 11. The van der Waals surface area contributed by atoms with Gasteiger partial charge in [0.25, 0.3) is 0 Å². The number of aryl methyl sites for hydroxylation is 2. The maximum absolute atomic E-state index is 6.80. The maximum Gasteiger partial charge on any atom is 0.0931 e. The van der Waals surface area contributed by atoms with Crippen LogP contribution < -0.4 is 16.4 Å². The molecule has 0 saturated carbocycles. The highest BCUT2D eigenvalue weighted by atomic mass is 15.0. The number of aliphatic imine (C=N–C) groups is 1. The second-order valence-electron chi connectivity index (χ2n) is 14.5. The highest BCUT2D eigenvalue weighted by molar-refractivity contribution is 6.15. The molecule has 0 bridgehead atoms. The highest BCUT2D eigenvalue weighted by Gasteiger charge is 2.25. The SMILES string of the molecule is C=CC1=C(C)NC(c2ccc(-c3ccc(/C(=C/C)N=C(c4ccc5c(c4)C=CC(C)C5)c4ccc(C)c(/C=C\C)c4)cc3C)cc2)C(N)=C1N/C=C\C=C/C. The number of allylic oxidation sites excluding steroid dienone is 8. The van der Waals surface area contributed by atoms with E-state index in [9.17, 15) is 0 Å². The van der Waals surface area contributed by atoms with Crippen molar-refractivity contribution in [1.29, 1.82) is 0 Å². The number of nitrogens with two attached hydrogens (primary N) is 1. The summed E-state index contributed by atoms with van der Waals surface area (Å²) in [6.45, 7) is 18.8. The minimum Gasteiger partial charge on any atom is -0.398 e. The van der Waals surface area contributed by atoms with Gasteiger partial charge in [-0.2, -0.15) is 0 Å². The summed E-state index contributed by atoms with van der Waals surface area (Å²) in [5, 5.41) is 6.99. The van der Waals surface area contributed by atoms with E-state index in [1.807, 2.05) is 37.4 Å². The quantitative estimate of drug-likeness (QED) is 0.107. The molecule has 2 unspecified atom stereocenters. The molecule has 4 aromatic carbocycles. The van der Waals surface area contributed by atoms with Crippen molar-refractivity contribution < 1.29 is 0 Å². The van der Waals surface area contributed by atoms with Gasteiger partial charge in [-0.1, -0.05) is 123 Å². The molecular weight excluding hydrogens is 669 g/mol. The number of benzene rings is 4. The van der Waals surface area contributed by atoms with Gasteiger partial charge in [-0.15, -0.1) is 0 Å². The van der Waals surface area contributed by atoms with E-state index in [-0.39, 0.29) is 6.04 Å². The minimum absolute atomic E-state index is 0.166. The summed E-state index contributed by atoms with van der Waals surface area (Å²) in [5.41, 5.74) is 25.3. The Morgan fingerprint density at radius 3 is 2.31 bits per heavy atom. The molecule has 1 heterocycles. The zero-order valence-corrected chi connectivity index (χ0v) is 33.4. The zero-order chi connectivity index (χ0) is 39.1. The first kappa shape index (κ1) is 38.6. The lowest BCUT2D eigenvalue weighted by molar-refractivity contribution is 0.636. The van der Waals surface area contributed by atoms with Crippen LogP contribution in [0.1, 0.15) is 90.7 Å². The lowest BCUT2D eigenvalue weighted by Crippen LogP contribution is -2.34. The Balaban J connectivity index is 1.32. The molecule has 6 rings (SSSR count). The molecular formula is C51H54N4. The summed E-state index contributed by atoms with van der Waals surface area (Å²) in [7, 11) is 0. The topological polar surface area (TPSA) is 62.4 Å². The van der Waals surface area contributed by atoms with Crippen molar-refractivity contribution in [2.24, 2.45) is 16.6 Å². The van der Waals surface area contributed by atoms with Gasteiger partial charge in [0.05, 0.1) is 28.8 Å². The molecule has 4 heteroatoms. The first-order chi connectivity index (χ1) is 26.6. The van der Waals surface area contributed by atoms with Gasteiger partial charge in [-0.05, 0) is 123 Å². The molecule has 1 aliphatic carbocycles. The van der Waals surface area contributed by atoms with E-state index in [0.29, 0.717) is 5.92 Å². The molecule has 4 aromatic rings. The smallest absolute Gasteiger partial charge is 0.0931 e. The molecule has 1 aliphatic heterocycles. The molecule has 2 atom stereocenters. The molecule has 2 aliphatic rings. The van der Waals surface area contributed by atoms with Crippen molar-refractivity contribution in [3.05, 3.63) is 207 Å². The monoisotopic (exact) mass is 722 g/mol. The number of nitrogens with zero attached hydrogens (tertiary/aromatic N) is 1. The summed E-state index contributed by atoms with van der Waals surface area (Å²) < 4.78 is 0. The number of nitrogens with one attached hydrogen (secondary N) is 2. The minimum atomic E-state index is -0.166. The molecule has 55 heavy (non-hydrogen) atoms. The van der Waals surface area contributed by atoms with Crippen LogP contribution in [-0.4, -0.2) is 5.71 Å². The summed E-state index contributed by atoms with van der Waals surface area (Å²) in [6.07, 6.45) is 21.7. The molecule has 0 spiro atoms. The summed E-state index contributed by atoms with van der Waals surface area (Å²) >= 11 is 0.